The number of para-hydroxylation sites is 1. The van der Waals surface area contributed by atoms with Gasteiger partial charge in [0.1, 0.15) is 5.82 Å². The third-order valence-electron chi connectivity index (χ3n) is 5.63. The van der Waals surface area contributed by atoms with Gasteiger partial charge in [0.15, 0.2) is 0 Å². The zero-order valence-corrected chi connectivity index (χ0v) is 17.3. The molecule has 1 aliphatic heterocycles. The second kappa shape index (κ2) is 8.76. The quantitative estimate of drug-likeness (QED) is 0.657. The van der Waals surface area contributed by atoms with Gasteiger partial charge in [-0.15, -0.1) is 0 Å². The summed E-state index contributed by atoms with van der Waals surface area (Å²) in [5.74, 6) is 0.883. The second-order valence-corrected chi connectivity index (χ2v) is 7.79. The number of imidazole rings is 1. The number of carbonyl (C=O) groups excluding carboxylic acids is 1. The van der Waals surface area contributed by atoms with Crippen molar-refractivity contribution in [1.29, 1.82) is 0 Å². The first-order valence-corrected chi connectivity index (χ1v) is 10.4. The molecule has 0 unspecified atom stereocenters. The number of likely N-dealkylation sites (N-methyl/N-ethyl adjacent to an activating group) is 1. The van der Waals surface area contributed by atoms with Crippen LogP contribution in [0.4, 0.5) is 0 Å². The van der Waals surface area contributed by atoms with E-state index >= 15 is 0 Å². The van der Waals surface area contributed by atoms with Crippen molar-refractivity contribution in [2.45, 2.75) is 13.3 Å². The summed E-state index contributed by atoms with van der Waals surface area (Å²) >= 11 is 0. The van der Waals surface area contributed by atoms with Crippen molar-refractivity contribution in [2.75, 3.05) is 46.3 Å². The number of nitrogens with one attached hydrogen (secondary N) is 1. The van der Waals surface area contributed by atoms with E-state index in [1.54, 1.807) is 0 Å². The summed E-state index contributed by atoms with van der Waals surface area (Å²) in [6.45, 7) is 8.21. The lowest BCUT2D eigenvalue weighted by Crippen LogP contribution is -2.45. The Kier molecular flexibility index (Phi) is 5.92. The lowest BCUT2D eigenvalue weighted by atomic mass is 10.2. The molecular formula is C23H29N5O. The van der Waals surface area contributed by atoms with Crippen LogP contribution in [0.3, 0.4) is 0 Å². The van der Waals surface area contributed by atoms with Crippen molar-refractivity contribution >= 4 is 16.9 Å². The molecule has 0 saturated carbocycles. The molecule has 4 rings (SSSR count). The van der Waals surface area contributed by atoms with E-state index in [0.717, 1.165) is 61.7 Å². The van der Waals surface area contributed by atoms with Gasteiger partial charge in [0.2, 0.25) is 0 Å². The van der Waals surface area contributed by atoms with Crippen LogP contribution in [-0.2, 0) is 0 Å². The van der Waals surface area contributed by atoms with Crippen molar-refractivity contribution < 1.29 is 4.79 Å². The molecular weight excluding hydrogens is 362 g/mol. The molecule has 0 bridgehead atoms. The van der Waals surface area contributed by atoms with E-state index in [-0.39, 0.29) is 5.91 Å². The maximum absolute atomic E-state index is 12.6. The van der Waals surface area contributed by atoms with Gasteiger partial charge in [0, 0.05) is 44.0 Å². The molecule has 0 aliphatic carbocycles. The maximum atomic E-state index is 12.6. The van der Waals surface area contributed by atoms with E-state index in [9.17, 15) is 4.79 Å². The first kappa shape index (κ1) is 19.6. The number of aryl methyl sites for hydroxylation is 1. The molecule has 1 amide bonds. The normalized spacial score (nSPS) is 15.7. The topological polar surface area (TPSA) is 53.4 Å². The van der Waals surface area contributed by atoms with Crippen LogP contribution >= 0.6 is 0 Å². The number of fused-ring (bicyclic) bond motifs is 1. The van der Waals surface area contributed by atoms with Gasteiger partial charge in [-0.25, -0.2) is 4.98 Å². The van der Waals surface area contributed by atoms with Crippen LogP contribution in [0.5, 0.6) is 0 Å². The monoisotopic (exact) mass is 391 g/mol. The number of piperazine rings is 1. The number of nitrogens with zero attached hydrogens (tertiary/aromatic N) is 4. The predicted octanol–water partition coefficient (Wildman–Crippen LogP) is 2.70. The van der Waals surface area contributed by atoms with E-state index in [1.165, 1.54) is 0 Å². The van der Waals surface area contributed by atoms with Crippen molar-refractivity contribution in [1.82, 2.24) is 24.7 Å². The van der Waals surface area contributed by atoms with E-state index in [2.05, 4.69) is 43.8 Å². The summed E-state index contributed by atoms with van der Waals surface area (Å²) in [6.07, 6.45) is 0.972. The maximum Gasteiger partial charge on any atom is 0.251 e. The fourth-order valence-corrected chi connectivity index (χ4v) is 3.92. The number of carbonyl (C=O) groups is 1. The molecule has 6 heteroatoms. The van der Waals surface area contributed by atoms with Gasteiger partial charge in [-0.3, -0.25) is 9.36 Å². The van der Waals surface area contributed by atoms with Gasteiger partial charge in [-0.05, 0) is 57.3 Å². The molecule has 6 nitrogen and oxygen atoms in total. The molecule has 1 saturated heterocycles. The van der Waals surface area contributed by atoms with Crippen molar-refractivity contribution in [3.8, 4) is 5.69 Å². The number of hydrogen-bond donors (Lipinski definition) is 1. The average Bonchev–Trinajstić information content (AvgIpc) is 3.07. The Labute approximate surface area is 172 Å². The van der Waals surface area contributed by atoms with E-state index in [4.69, 9.17) is 0 Å². The number of benzene rings is 2. The highest BCUT2D eigenvalue weighted by molar-refractivity contribution is 5.97. The second-order valence-electron chi connectivity index (χ2n) is 7.79. The molecule has 152 valence electrons. The average molecular weight is 392 g/mol. The number of rotatable bonds is 6. The Balaban J connectivity index is 1.37. The molecule has 2 aromatic carbocycles. The van der Waals surface area contributed by atoms with Crippen molar-refractivity contribution in [3.05, 3.63) is 59.9 Å². The largest absolute Gasteiger partial charge is 0.352 e. The van der Waals surface area contributed by atoms with Crippen molar-refractivity contribution in [3.63, 3.8) is 0 Å². The molecule has 1 aliphatic rings. The summed E-state index contributed by atoms with van der Waals surface area (Å²) < 4.78 is 2.12. The predicted molar refractivity (Wildman–Crippen MR) is 117 cm³/mol. The number of hydrogen-bond acceptors (Lipinski definition) is 4. The molecule has 1 aromatic heterocycles. The summed E-state index contributed by atoms with van der Waals surface area (Å²) in [5, 5.41) is 3.05. The minimum atomic E-state index is -0.0304. The third kappa shape index (κ3) is 4.49. The first-order chi connectivity index (χ1) is 14.1. The number of aromatic nitrogens is 2. The summed E-state index contributed by atoms with van der Waals surface area (Å²) in [5.41, 5.74) is 3.60. The summed E-state index contributed by atoms with van der Waals surface area (Å²) in [4.78, 5) is 22.1. The van der Waals surface area contributed by atoms with Crippen LogP contribution in [0.2, 0.25) is 0 Å². The molecule has 29 heavy (non-hydrogen) atoms. The molecule has 3 aromatic rings. The minimum Gasteiger partial charge on any atom is -0.352 e. The Hall–Kier alpha value is -2.70. The lowest BCUT2D eigenvalue weighted by Gasteiger charge is -2.32. The van der Waals surface area contributed by atoms with Crippen LogP contribution in [-0.4, -0.2) is 71.6 Å². The SMILES string of the molecule is Cc1nc2cc(C(=O)NCCCN3CCN(C)CC3)ccc2n1-c1ccccc1. The van der Waals surface area contributed by atoms with Crippen LogP contribution in [0, 0.1) is 6.92 Å². The summed E-state index contributed by atoms with van der Waals surface area (Å²) in [7, 11) is 2.17. The Morgan fingerprint density at radius 1 is 1.07 bits per heavy atom. The first-order valence-electron chi connectivity index (χ1n) is 10.4. The van der Waals surface area contributed by atoms with Crippen LogP contribution < -0.4 is 5.32 Å². The highest BCUT2D eigenvalue weighted by Crippen LogP contribution is 2.22. The van der Waals surface area contributed by atoms with E-state index in [0.29, 0.717) is 12.1 Å². The standard InChI is InChI=1S/C23H29N5O/c1-18-25-21-17-19(9-10-22(21)28(18)20-7-4-3-5-8-20)23(29)24-11-6-12-27-15-13-26(2)14-16-27/h3-5,7-10,17H,6,11-16H2,1-2H3,(H,24,29). The van der Waals surface area contributed by atoms with Crippen LogP contribution in [0.25, 0.3) is 16.7 Å². The lowest BCUT2D eigenvalue weighted by molar-refractivity contribution is 0.0949. The molecule has 0 spiro atoms. The fourth-order valence-electron chi connectivity index (χ4n) is 3.92. The molecule has 0 radical (unpaired) electrons. The van der Waals surface area contributed by atoms with E-state index in [1.807, 2.05) is 43.3 Å². The zero-order chi connectivity index (χ0) is 20.2. The van der Waals surface area contributed by atoms with Gasteiger partial charge in [0.25, 0.3) is 5.91 Å². The highest BCUT2D eigenvalue weighted by Gasteiger charge is 2.14. The molecule has 2 heterocycles. The van der Waals surface area contributed by atoms with Gasteiger partial charge in [-0.1, -0.05) is 18.2 Å². The third-order valence-corrected chi connectivity index (χ3v) is 5.63. The van der Waals surface area contributed by atoms with Gasteiger partial charge >= 0.3 is 0 Å². The zero-order valence-electron chi connectivity index (χ0n) is 17.3. The molecule has 0 atom stereocenters. The Morgan fingerprint density at radius 2 is 1.83 bits per heavy atom. The number of amides is 1. The molecule has 1 fully saturated rings. The molecule has 1 N–H and O–H groups in total. The Bertz CT molecular complexity index is 974. The fraction of sp³-hybridized carbons (Fsp3) is 0.391. The van der Waals surface area contributed by atoms with Crippen LogP contribution in [0.1, 0.15) is 22.6 Å². The van der Waals surface area contributed by atoms with Gasteiger partial charge < -0.3 is 15.1 Å². The Morgan fingerprint density at radius 3 is 2.59 bits per heavy atom. The van der Waals surface area contributed by atoms with Gasteiger partial charge in [-0.2, -0.15) is 0 Å². The van der Waals surface area contributed by atoms with Crippen molar-refractivity contribution in [2.24, 2.45) is 0 Å². The van der Waals surface area contributed by atoms with Gasteiger partial charge in [0.05, 0.1) is 11.0 Å². The highest BCUT2D eigenvalue weighted by atomic mass is 16.1. The minimum absolute atomic E-state index is 0.0304. The smallest absolute Gasteiger partial charge is 0.251 e. The van der Waals surface area contributed by atoms with E-state index < -0.39 is 0 Å². The summed E-state index contributed by atoms with van der Waals surface area (Å²) in [6, 6.07) is 15.9. The van der Waals surface area contributed by atoms with Crippen LogP contribution in [0.15, 0.2) is 48.5 Å².